The van der Waals surface area contributed by atoms with Crippen LogP contribution in [-0.4, -0.2) is 56.7 Å². The van der Waals surface area contributed by atoms with Gasteiger partial charge in [0, 0.05) is 26.2 Å². The van der Waals surface area contributed by atoms with E-state index in [4.69, 9.17) is 0 Å². The minimum atomic E-state index is 1.02. The Morgan fingerprint density at radius 2 is 2.09 bits per heavy atom. The van der Waals surface area contributed by atoms with Gasteiger partial charge in [0.25, 0.3) is 0 Å². The van der Waals surface area contributed by atoms with E-state index in [9.17, 15) is 0 Å². The molecule has 1 radical (unpaired) electrons. The molecule has 0 aromatic rings. The second-order valence-corrected chi connectivity index (χ2v) is 3.36. The van der Waals surface area contributed by atoms with Gasteiger partial charge in [-0.2, -0.15) is 0 Å². The van der Waals surface area contributed by atoms with E-state index in [1.165, 1.54) is 13.0 Å². The van der Waals surface area contributed by atoms with E-state index >= 15 is 0 Å². The molecular formula is C8H18N3. The Morgan fingerprint density at radius 1 is 1.27 bits per heavy atom. The minimum absolute atomic E-state index is 1.02. The smallest absolute Gasteiger partial charge is 0.0501 e. The normalized spacial score (nSPS) is 22.1. The van der Waals surface area contributed by atoms with Crippen molar-refractivity contribution in [3.05, 3.63) is 0 Å². The summed E-state index contributed by atoms with van der Waals surface area (Å²) in [7, 11) is 4.23. The molecule has 1 saturated heterocycles. The number of rotatable bonds is 2. The summed E-state index contributed by atoms with van der Waals surface area (Å²) in [6.45, 7) is 5.51. The van der Waals surface area contributed by atoms with E-state index in [0.717, 1.165) is 26.3 Å². The van der Waals surface area contributed by atoms with Gasteiger partial charge in [0.15, 0.2) is 0 Å². The second-order valence-electron chi connectivity index (χ2n) is 3.36. The molecule has 3 heteroatoms. The number of hydrogen-bond donors (Lipinski definition) is 0. The molecule has 1 aliphatic rings. The average Bonchev–Trinajstić information content (AvgIpc) is 2.14. The summed E-state index contributed by atoms with van der Waals surface area (Å²) in [5.41, 5.74) is 0. The summed E-state index contributed by atoms with van der Waals surface area (Å²) in [6.07, 6.45) is 1.23. The Kier molecular flexibility index (Phi) is 3.83. The molecule has 1 fully saturated rings. The van der Waals surface area contributed by atoms with E-state index in [-0.39, 0.29) is 0 Å². The van der Waals surface area contributed by atoms with E-state index < -0.39 is 0 Å². The van der Waals surface area contributed by atoms with Gasteiger partial charge in [-0.3, -0.25) is 9.80 Å². The Labute approximate surface area is 69.4 Å². The summed E-state index contributed by atoms with van der Waals surface area (Å²) in [5.74, 6) is 0. The van der Waals surface area contributed by atoms with Crippen LogP contribution in [0.5, 0.6) is 0 Å². The van der Waals surface area contributed by atoms with E-state index in [0.29, 0.717) is 0 Å². The molecule has 0 atom stereocenters. The molecule has 0 saturated carbocycles. The van der Waals surface area contributed by atoms with Crippen molar-refractivity contribution in [3.63, 3.8) is 0 Å². The second kappa shape index (κ2) is 4.70. The molecule has 11 heavy (non-hydrogen) atoms. The van der Waals surface area contributed by atoms with Crippen LogP contribution in [-0.2, 0) is 0 Å². The zero-order chi connectivity index (χ0) is 8.10. The number of hydrogen-bond acceptors (Lipinski definition) is 2. The first kappa shape index (κ1) is 8.97. The number of nitrogens with zero attached hydrogens (tertiary/aromatic N) is 3. The molecule has 3 nitrogen and oxygen atoms in total. The maximum Gasteiger partial charge on any atom is 0.0501 e. The molecule has 0 aromatic heterocycles. The highest BCUT2D eigenvalue weighted by atomic mass is 15.3. The molecule has 1 rings (SSSR count). The van der Waals surface area contributed by atoms with Gasteiger partial charge in [-0.25, -0.2) is 5.32 Å². The van der Waals surface area contributed by atoms with Gasteiger partial charge in [-0.05, 0) is 20.5 Å². The largest absolute Gasteiger partial charge is 0.297 e. The predicted molar refractivity (Wildman–Crippen MR) is 46.6 cm³/mol. The van der Waals surface area contributed by atoms with Crippen LogP contribution < -0.4 is 5.32 Å². The fourth-order valence-electron chi connectivity index (χ4n) is 1.38. The van der Waals surface area contributed by atoms with E-state index in [1.807, 2.05) is 0 Å². The van der Waals surface area contributed by atoms with Crippen LogP contribution in [0.1, 0.15) is 6.42 Å². The standard InChI is InChI=1S/C8H18N3/c1-10(2)8-11-6-3-4-9-5-7-11/h3-8H2,1-2H3. The lowest BCUT2D eigenvalue weighted by molar-refractivity contribution is 0.186. The van der Waals surface area contributed by atoms with Crippen molar-refractivity contribution >= 4 is 0 Å². The average molecular weight is 156 g/mol. The van der Waals surface area contributed by atoms with Gasteiger partial charge in [-0.15, -0.1) is 0 Å². The third kappa shape index (κ3) is 3.70. The quantitative estimate of drug-likeness (QED) is 0.552. The topological polar surface area (TPSA) is 20.6 Å². The molecule has 1 aliphatic heterocycles. The molecule has 0 N–H and O–H groups in total. The van der Waals surface area contributed by atoms with Crippen molar-refractivity contribution in [1.29, 1.82) is 0 Å². The van der Waals surface area contributed by atoms with Crippen molar-refractivity contribution in [2.75, 3.05) is 46.9 Å². The lowest BCUT2D eigenvalue weighted by Gasteiger charge is -2.23. The monoisotopic (exact) mass is 156 g/mol. The summed E-state index contributed by atoms with van der Waals surface area (Å²) < 4.78 is 0. The van der Waals surface area contributed by atoms with Crippen molar-refractivity contribution in [3.8, 4) is 0 Å². The highest BCUT2D eigenvalue weighted by Gasteiger charge is 2.08. The van der Waals surface area contributed by atoms with Gasteiger partial charge in [0.05, 0.1) is 6.67 Å². The predicted octanol–water partition coefficient (Wildman–Crippen LogP) is -0.184. The Hall–Kier alpha value is -0.120. The van der Waals surface area contributed by atoms with Gasteiger partial charge >= 0.3 is 0 Å². The molecule has 65 valence electrons. The van der Waals surface area contributed by atoms with Crippen molar-refractivity contribution in [2.45, 2.75) is 6.42 Å². The van der Waals surface area contributed by atoms with Crippen LogP contribution in [0.25, 0.3) is 0 Å². The molecule has 0 aromatic carbocycles. The highest BCUT2D eigenvalue weighted by Crippen LogP contribution is 1.95. The first-order valence-corrected chi connectivity index (χ1v) is 4.29. The molecular weight excluding hydrogens is 138 g/mol. The van der Waals surface area contributed by atoms with E-state index in [1.54, 1.807) is 0 Å². The molecule has 0 bridgehead atoms. The van der Waals surface area contributed by atoms with Crippen LogP contribution in [0.4, 0.5) is 0 Å². The third-order valence-corrected chi connectivity index (χ3v) is 1.85. The third-order valence-electron chi connectivity index (χ3n) is 1.85. The first-order valence-electron chi connectivity index (χ1n) is 4.29. The SMILES string of the molecule is CN(C)CN1CCC[N]CC1. The zero-order valence-electron chi connectivity index (χ0n) is 7.58. The molecule has 0 unspecified atom stereocenters. The van der Waals surface area contributed by atoms with Crippen molar-refractivity contribution in [2.24, 2.45) is 0 Å². The van der Waals surface area contributed by atoms with Gasteiger partial charge < -0.3 is 0 Å². The van der Waals surface area contributed by atoms with Gasteiger partial charge in [0.1, 0.15) is 0 Å². The van der Waals surface area contributed by atoms with Crippen LogP contribution in [0.15, 0.2) is 0 Å². The summed E-state index contributed by atoms with van der Waals surface area (Å²) in [5, 5.41) is 4.37. The van der Waals surface area contributed by atoms with Crippen molar-refractivity contribution in [1.82, 2.24) is 15.1 Å². The Morgan fingerprint density at radius 3 is 2.82 bits per heavy atom. The lowest BCUT2D eigenvalue weighted by Crippen LogP contribution is -2.35. The maximum atomic E-state index is 4.37. The molecule has 1 heterocycles. The Bertz CT molecular complexity index is 95.5. The molecule has 0 spiro atoms. The van der Waals surface area contributed by atoms with Gasteiger partial charge in [0.2, 0.25) is 0 Å². The van der Waals surface area contributed by atoms with E-state index in [2.05, 4.69) is 29.2 Å². The highest BCUT2D eigenvalue weighted by molar-refractivity contribution is 4.63. The molecule has 0 amide bonds. The fraction of sp³-hybridized carbons (Fsp3) is 1.00. The van der Waals surface area contributed by atoms with Crippen molar-refractivity contribution < 1.29 is 0 Å². The van der Waals surface area contributed by atoms with Crippen LogP contribution in [0, 0.1) is 0 Å². The summed E-state index contributed by atoms with van der Waals surface area (Å²) in [6, 6.07) is 0. The zero-order valence-corrected chi connectivity index (χ0v) is 7.58. The minimum Gasteiger partial charge on any atom is -0.297 e. The maximum absolute atomic E-state index is 4.37. The molecule has 0 aliphatic carbocycles. The van der Waals surface area contributed by atoms with Crippen LogP contribution in [0.3, 0.4) is 0 Å². The lowest BCUT2D eigenvalue weighted by atomic mass is 10.4. The Balaban J connectivity index is 2.20. The first-order chi connectivity index (χ1) is 5.29. The van der Waals surface area contributed by atoms with Gasteiger partial charge in [-0.1, -0.05) is 0 Å². The summed E-state index contributed by atoms with van der Waals surface area (Å²) >= 11 is 0. The fourth-order valence-corrected chi connectivity index (χ4v) is 1.38. The van der Waals surface area contributed by atoms with Crippen LogP contribution >= 0.6 is 0 Å². The van der Waals surface area contributed by atoms with Crippen LogP contribution in [0.2, 0.25) is 0 Å². The summed E-state index contributed by atoms with van der Waals surface area (Å²) in [4.78, 5) is 4.67.